The van der Waals surface area contributed by atoms with Crippen molar-refractivity contribution in [3.63, 3.8) is 0 Å². The highest BCUT2D eigenvalue weighted by atomic mass is 32.2. The van der Waals surface area contributed by atoms with Crippen LogP contribution in [0.15, 0.2) is 26.8 Å². The third-order valence-electron chi connectivity index (χ3n) is 2.43. The Balaban J connectivity index is 2.26. The van der Waals surface area contributed by atoms with E-state index in [-0.39, 0.29) is 0 Å². The largest absolute Gasteiger partial charge is 0.436 e. The second-order valence-corrected chi connectivity index (χ2v) is 4.85. The van der Waals surface area contributed by atoms with Gasteiger partial charge >= 0.3 is 0 Å². The van der Waals surface area contributed by atoms with Gasteiger partial charge in [0.1, 0.15) is 10.8 Å². The lowest BCUT2D eigenvalue weighted by Gasteiger charge is -2.02. The summed E-state index contributed by atoms with van der Waals surface area (Å²) in [5, 5.41) is 1.49. The van der Waals surface area contributed by atoms with Crippen LogP contribution in [0.3, 0.4) is 0 Å². The van der Waals surface area contributed by atoms with E-state index in [0.29, 0.717) is 11.8 Å². The van der Waals surface area contributed by atoms with Crippen LogP contribution in [-0.2, 0) is 6.54 Å². The van der Waals surface area contributed by atoms with Crippen LogP contribution < -0.4 is 5.73 Å². The summed E-state index contributed by atoms with van der Waals surface area (Å²) in [6.45, 7) is 6.30. The molecule has 0 aliphatic carbocycles. The molecule has 2 rings (SSSR count). The Morgan fingerprint density at radius 1 is 1.24 bits per heavy atom. The van der Waals surface area contributed by atoms with Gasteiger partial charge in [-0.05, 0) is 50.2 Å². The van der Waals surface area contributed by atoms with E-state index in [1.165, 1.54) is 11.8 Å². The van der Waals surface area contributed by atoms with Gasteiger partial charge in [0, 0.05) is 12.2 Å². The maximum Gasteiger partial charge on any atom is 0.262 e. The molecule has 2 heterocycles. The molecular weight excluding hydrogens is 234 g/mol. The van der Waals surface area contributed by atoms with E-state index in [2.05, 4.69) is 9.97 Å². The van der Waals surface area contributed by atoms with Gasteiger partial charge in [-0.2, -0.15) is 0 Å². The number of pyridine rings is 1. The normalized spacial score (nSPS) is 10.8. The van der Waals surface area contributed by atoms with Crippen molar-refractivity contribution in [2.75, 3.05) is 0 Å². The number of hydrogen-bond donors (Lipinski definition) is 1. The molecule has 0 aromatic carbocycles. The van der Waals surface area contributed by atoms with Crippen LogP contribution in [0, 0.1) is 20.8 Å². The Morgan fingerprint density at radius 2 is 2.00 bits per heavy atom. The Labute approximate surface area is 105 Å². The lowest BCUT2D eigenvalue weighted by Crippen LogP contribution is -1.98. The first kappa shape index (κ1) is 12.1. The van der Waals surface area contributed by atoms with Gasteiger partial charge < -0.3 is 10.2 Å². The third-order valence-corrected chi connectivity index (χ3v) is 3.19. The van der Waals surface area contributed by atoms with E-state index in [9.17, 15) is 0 Å². The maximum absolute atomic E-state index is 5.63. The van der Waals surface area contributed by atoms with E-state index in [1.807, 2.05) is 32.9 Å². The van der Waals surface area contributed by atoms with Gasteiger partial charge in [-0.3, -0.25) is 0 Å². The SMILES string of the molecule is Cc1cc(CN)cc(Sc2nc(C)c(C)o2)n1. The standard InChI is InChI=1S/C12H15N3OS/c1-7-4-10(6-13)5-11(14-7)17-12-15-8(2)9(3)16-12/h4-5H,6,13H2,1-3H3. The predicted octanol–water partition coefficient (Wildman–Crippen LogP) is 2.60. The van der Waals surface area contributed by atoms with Gasteiger partial charge in [0.2, 0.25) is 0 Å². The Morgan fingerprint density at radius 3 is 2.59 bits per heavy atom. The maximum atomic E-state index is 5.63. The molecule has 2 aromatic rings. The molecule has 90 valence electrons. The molecule has 0 radical (unpaired) electrons. The molecule has 0 aliphatic rings. The summed E-state index contributed by atoms with van der Waals surface area (Å²) in [6, 6.07) is 3.95. The molecule has 5 heteroatoms. The fraction of sp³-hybridized carbons (Fsp3) is 0.333. The van der Waals surface area contributed by atoms with Crippen molar-refractivity contribution in [3.05, 3.63) is 34.8 Å². The number of hydrogen-bond acceptors (Lipinski definition) is 5. The van der Waals surface area contributed by atoms with Crippen LogP contribution in [-0.4, -0.2) is 9.97 Å². The van der Waals surface area contributed by atoms with Crippen LogP contribution in [0.25, 0.3) is 0 Å². The van der Waals surface area contributed by atoms with Gasteiger partial charge in [0.05, 0.1) is 5.69 Å². The minimum atomic E-state index is 0.514. The Hall–Kier alpha value is -1.33. The molecule has 4 nitrogen and oxygen atoms in total. The molecule has 0 bridgehead atoms. The average Bonchev–Trinajstić information content (AvgIpc) is 2.57. The molecule has 17 heavy (non-hydrogen) atoms. The lowest BCUT2D eigenvalue weighted by molar-refractivity contribution is 0.431. The second kappa shape index (κ2) is 4.89. The van der Waals surface area contributed by atoms with Crippen LogP contribution in [0.2, 0.25) is 0 Å². The first-order valence-corrected chi connectivity index (χ1v) is 6.19. The number of nitrogens with two attached hydrogens (primary N) is 1. The number of oxazole rings is 1. The van der Waals surface area contributed by atoms with Crippen LogP contribution in [0.1, 0.15) is 22.7 Å². The molecule has 0 aliphatic heterocycles. The van der Waals surface area contributed by atoms with Gasteiger partial charge in [0.25, 0.3) is 5.22 Å². The third kappa shape index (κ3) is 2.87. The number of nitrogens with zero attached hydrogens (tertiary/aromatic N) is 2. The number of aromatic nitrogens is 2. The minimum absolute atomic E-state index is 0.514. The summed E-state index contributed by atoms with van der Waals surface area (Å²) in [5.41, 5.74) is 8.57. The first-order valence-electron chi connectivity index (χ1n) is 5.38. The van der Waals surface area contributed by atoms with E-state index in [0.717, 1.165) is 27.7 Å². The van der Waals surface area contributed by atoms with E-state index >= 15 is 0 Å². The minimum Gasteiger partial charge on any atom is -0.436 e. The summed E-state index contributed by atoms with van der Waals surface area (Å²) in [4.78, 5) is 8.74. The summed E-state index contributed by atoms with van der Waals surface area (Å²) in [7, 11) is 0. The van der Waals surface area contributed by atoms with Crippen LogP contribution >= 0.6 is 11.8 Å². The fourth-order valence-electron chi connectivity index (χ4n) is 1.45. The highest BCUT2D eigenvalue weighted by Crippen LogP contribution is 2.27. The van der Waals surface area contributed by atoms with E-state index in [1.54, 1.807) is 0 Å². The van der Waals surface area contributed by atoms with E-state index < -0.39 is 0 Å². The Bertz CT molecular complexity index is 517. The highest BCUT2D eigenvalue weighted by Gasteiger charge is 2.09. The predicted molar refractivity (Wildman–Crippen MR) is 67.0 cm³/mol. The van der Waals surface area contributed by atoms with Gasteiger partial charge in [-0.15, -0.1) is 0 Å². The summed E-state index contributed by atoms with van der Waals surface area (Å²) < 4.78 is 5.51. The molecule has 2 aromatic heterocycles. The molecule has 0 atom stereocenters. The zero-order valence-corrected chi connectivity index (χ0v) is 11.0. The smallest absolute Gasteiger partial charge is 0.262 e. The van der Waals surface area contributed by atoms with Crippen LogP contribution in [0.4, 0.5) is 0 Å². The van der Waals surface area contributed by atoms with E-state index in [4.69, 9.17) is 10.2 Å². The molecule has 0 spiro atoms. The zero-order valence-electron chi connectivity index (χ0n) is 10.2. The molecule has 0 fully saturated rings. The topological polar surface area (TPSA) is 64.9 Å². The van der Waals surface area contributed by atoms with Crippen molar-refractivity contribution in [2.24, 2.45) is 5.73 Å². The molecule has 0 saturated heterocycles. The van der Waals surface area contributed by atoms with Crippen molar-refractivity contribution in [2.45, 2.75) is 37.6 Å². The summed E-state index contributed by atoms with van der Waals surface area (Å²) in [5.74, 6) is 0.846. The summed E-state index contributed by atoms with van der Waals surface area (Å²) >= 11 is 1.42. The molecule has 0 amide bonds. The lowest BCUT2D eigenvalue weighted by atomic mass is 10.2. The van der Waals surface area contributed by atoms with Gasteiger partial charge in [-0.25, -0.2) is 9.97 Å². The average molecular weight is 249 g/mol. The fourth-order valence-corrected chi connectivity index (χ4v) is 2.38. The molecule has 2 N–H and O–H groups in total. The number of rotatable bonds is 3. The van der Waals surface area contributed by atoms with Crippen molar-refractivity contribution >= 4 is 11.8 Å². The zero-order chi connectivity index (χ0) is 12.4. The monoisotopic (exact) mass is 249 g/mol. The highest BCUT2D eigenvalue weighted by molar-refractivity contribution is 7.99. The van der Waals surface area contributed by atoms with Crippen molar-refractivity contribution in [3.8, 4) is 0 Å². The molecule has 0 saturated carbocycles. The quantitative estimate of drug-likeness (QED) is 0.905. The van der Waals surface area contributed by atoms with Gasteiger partial charge in [-0.1, -0.05) is 0 Å². The summed E-state index contributed by atoms with van der Waals surface area (Å²) in [6.07, 6.45) is 0. The van der Waals surface area contributed by atoms with Gasteiger partial charge in [0.15, 0.2) is 0 Å². The van der Waals surface area contributed by atoms with Crippen molar-refractivity contribution in [1.82, 2.24) is 9.97 Å². The van der Waals surface area contributed by atoms with Crippen molar-refractivity contribution < 1.29 is 4.42 Å². The first-order chi connectivity index (χ1) is 8.08. The molecule has 0 unspecified atom stereocenters. The molecular formula is C12H15N3OS. The second-order valence-electron chi connectivity index (χ2n) is 3.88. The van der Waals surface area contributed by atoms with Crippen molar-refractivity contribution in [1.29, 1.82) is 0 Å². The number of aryl methyl sites for hydroxylation is 3. The Kier molecular flexibility index (Phi) is 3.49. The van der Waals surface area contributed by atoms with Crippen LogP contribution in [0.5, 0.6) is 0 Å².